The number of carbonyl (C=O) groups is 1. The van der Waals surface area contributed by atoms with E-state index in [1.54, 1.807) is 0 Å². The van der Waals surface area contributed by atoms with Crippen molar-refractivity contribution < 1.29 is 9.53 Å². The van der Waals surface area contributed by atoms with E-state index in [0.717, 1.165) is 43.3 Å². The Kier molecular flexibility index (Phi) is 3.89. The SMILES string of the molecule is O=C(C1CCCO1)N1CCCC1c1cccc(Br)c1. The Bertz CT molecular complexity index is 471. The maximum atomic E-state index is 12.5. The zero-order valence-electron chi connectivity index (χ0n) is 10.8. The largest absolute Gasteiger partial charge is 0.368 e. The van der Waals surface area contributed by atoms with Crippen LogP contribution in [0.15, 0.2) is 28.7 Å². The minimum atomic E-state index is -0.201. The van der Waals surface area contributed by atoms with Gasteiger partial charge in [0.1, 0.15) is 6.10 Å². The molecule has 2 aliphatic rings. The van der Waals surface area contributed by atoms with E-state index in [2.05, 4.69) is 28.1 Å². The third kappa shape index (κ3) is 2.70. The topological polar surface area (TPSA) is 29.5 Å². The van der Waals surface area contributed by atoms with Gasteiger partial charge >= 0.3 is 0 Å². The van der Waals surface area contributed by atoms with Gasteiger partial charge in [-0.25, -0.2) is 0 Å². The summed E-state index contributed by atoms with van der Waals surface area (Å²) in [5.41, 5.74) is 1.22. The van der Waals surface area contributed by atoms with Crippen LogP contribution < -0.4 is 0 Å². The van der Waals surface area contributed by atoms with Gasteiger partial charge in [0.2, 0.25) is 0 Å². The number of nitrogens with zero attached hydrogens (tertiary/aromatic N) is 1. The van der Waals surface area contributed by atoms with Crippen LogP contribution >= 0.6 is 15.9 Å². The Labute approximate surface area is 122 Å². The van der Waals surface area contributed by atoms with Gasteiger partial charge in [0.15, 0.2) is 0 Å². The number of likely N-dealkylation sites (tertiary alicyclic amines) is 1. The summed E-state index contributed by atoms with van der Waals surface area (Å²) in [6.07, 6.45) is 3.81. The molecule has 2 aliphatic heterocycles. The normalized spacial score (nSPS) is 26.9. The maximum Gasteiger partial charge on any atom is 0.252 e. The molecular formula is C15H18BrNO2. The van der Waals surface area contributed by atoms with Crippen LogP contribution in [-0.4, -0.2) is 30.1 Å². The van der Waals surface area contributed by atoms with E-state index in [0.29, 0.717) is 0 Å². The lowest BCUT2D eigenvalue weighted by Gasteiger charge is -2.27. The fraction of sp³-hybridized carbons (Fsp3) is 0.533. The molecule has 0 spiro atoms. The molecule has 2 fully saturated rings. The van der Waals surface area contributed by atoms with Gasteiger partial charge in [-0.3, -0.25) is 4.79 Å². The number of ether oxygens (including phenoxy) is 1. The van der Waals surface area contributed by atoms with Crippen molar-refractivity contribution in [2.45, 2.75) is 37.8 Å². The average Bonchev–Trinajstić information content (AvgIpc) is 3.09. The van der Waals surface area contributed by atoms with E-state index >= 15 is 0 Å². The molecule has 3 nitrogen and oxygen atoms in total. The summed E-state index contributed by atoms with van der Waals surface area (Å²) in [5, 5.41) is 0. The Morgan fingerprint density at radius 1 is 1.32 bits per heavy atom. The molecular weight excluding hydrogens is 306 g/mol. The summed E-state index contributed by atoms with van der Waals surface area (Å²) in [6.45, 7) is 1.58. The van der Waals surface area contributed by atoms with Crippen LogP contribution in [0.1, 0.15) is 37.3 Å². The zero-order valence-corrected chi connectivity index (χ0v) is 12.4. The molecule has 1 aromatic rings. The molecule has 102 valence electrons. The summed E-state index contributed by atoms with van der Waals surface area (Å²) in [6, 6.07) is 8.49. The lowest BCUT2D eigenvalue weighted by Crippen LogP contribution is -2.38. The molecule has 19 heavy (non-hydrogen) atoms. The second-order valence-corrected chi connectivity index (χ2v) is 6.16. The van der Waals surface area contributed by atoms with Crippen molar-refractivity contribution in [2.24, 2.45) is 0 Å². The summed E-state index contributed by atoms with van der Waals surface area (Å²) < 4.78 is 6.61. The fourth-order valence-corrected chi connectivity index (χ4v) is 3.47. The van der Waals surface area contributed by atoms with E-state index in [4.69, 9.17) is 4.74 Å². The van der Waals surface area contributed by atoms with E-state index < -0.39 is 0 Å². The number of benzene rings is 1. The molecule has 4 heteroatoms. The number of halogens is 1. The predicted octanol–water partition coefficient (Wildman–Crippen LogP) is 3.29. The highest BCUT2D eigenvalue weighted by Gasteiger charge is 2.35. The van der Waals surface area contributed by atoms with Crippen LogP contribution in [0.4, 0.5) is 0 Å². The minimum Gasteiger partial charge on any atom is -0.368 e. The highest BCUT2D eigenvalue weighted by molar-refractivity contribution is 9.10. The third-order valence-corrected chi connectivity index (χ3v) is 4.47. The van der Waals surface area contributed by atoms with Gasteiger partial charge in [0.05, 0.1) is 6.04 Å². The van der Waals surface area contributed by atoms with Crippen LogP contribution in [0, 0.1) is 0 Å². The molecule has 0 aliphatic carbocycles. The Hall–Kier alpha value is -0.870. The van der Waals surface area contributed by atoms with Crippen molar-refractivity contribution in [1.82, 2.24) is 4.90 Å². The van der Waals surface area contributed by atoms with Crippen LogP contribution in [0.5, 0.6) is 0 Å². The second kappa shape index (κ2) is 5.63. The lowest BCUT2D eigenvalue weighted by molar-refractivity contribution is -0.141. The van der Waals surface area contributed by atoms with Crippen LogP contribution in [-0.2, 0) is 9.53 Å². The zero-order chi connectivity index (χ0) is 13.2. The molecule has 0 N–H and O–H groups in total. The first-order valence-electron chi connectivity index (χ1n) is 6.93. The van der Waals surface area contributed by atoms with Crippen molar-refractivity contribution in [3.8, 4) is 0 Å². The standard InChI is InChI=1S/C15H18BrNO2/c16-12-5-1-4-11(10-12)13-6-2-8-17(13)15(18)14-7-3-9-19-14/h1,4-5,10,13-14H,2-3,6-9H2. The van der Waals surface area contributed by atoms with Gasteiger partial charge in [-0.1, -0.05) is 28.1 Å². The first-order valence-corrected chi connectivity index (χ1v) is 7.72. The van der Waals surface area contributed by atoms with Crippen molar-refractivity contribution in [3.63, 3.8) is 0 Å². The molecule has 3 rings (SSSR count). The average molecular weight is 324 g/mol. The highest BCUT2D eigenvalue weighted by Crippen LogP contribution is 2.34. The molecule has 2 atom stereocenters. The van der Waals surface area contributed by atoms with E-state index in [1.165, 1.54) is 5.56 Å². The number of rotatable bonds is 2. The summed E-state index contributed by atoms with van der Waals surface area (Å²) >= 11 is 3.50. The lowest BCUT2D eigenvalue weighted by atomic mass is 10.0. The molecule has 0 radical (unpaired) electrons. The number of hydrogen-bond donors (Lipinski definition) is 0. The summed E-state index contributed by atoms with van der Waals surface area (Å²) in [7, 11) is 0. The highest BCUT2D eigenvalue weighted by atomic mass is 79.9. The molecule has 0 saturated carbocycles. The smallest absolute Gasteiger partial charge is 0.252 e. The first kappa shape index (κ1) is 13.1. The Morgan fingerprint density at radius 2 is 2.21 bits per heavy atom. The van der Waals surface area contributed by atoms with Crippen LogP contribution in [0.25, 0.3) is 0 Å². The van der Waals surface area contributed by atoms with Gasteiger partial charge in [0.25, 0.3) is 5.91 Å². The molecule has 2 heterocycles. The minimum absolute atomic E-state index is 0.181. The number of carbonyl (C=O) groups excluding carboxylic acids is 1. The van der Waals surface area contributed by atoms with Crippen molar-refractivity contribution in [3.05, 3.63) is 34.3 Å². The van der Waals surface area contributed by atoms with Gasteiger partial charge in [-0.2, -0.15) is 0 Å². The molecule has 0 bridgehead atoms. The molecule has 2 saturated heterocycles. The van der Waals surface area contributed by atoms with E-state index in [1.807, 2.05) is 17.0 Å². The Morgan fingerprint density at radius 3 is 2.95 bits per heavy atom. The van der Waals surface area contributed by atoms with Gasteiger partial charge in [0, 0.05) is 17.6 Å². The van der Waals surface area contributed by atoms with Crippen LogP contribution in [0.3, 0.4) is 0 Å². The van der Waals surface area contributed by atoms with E-state index in [-0.39, 0.29) is 18.1 Å². The monoisotopic (exact) mass is 323 g/mol. The van der Waals surface area contributed by atoms with E-state index in [9.17, 15) is 4.79 Å². The summed E-state index contributed by atoms with van der Waals surface area (Å²) in [5.74, 6) is 0.181. The van der Waals surface area contributed by atoms with Crippen molar-refractivity contribution in [2.75, 3.05) is 13.2 Å². The Balaban J connectivity index is 1.79. The number of hydrogen-bond acceptors (Lipinski definition) is 2. The molecule has 0 aromatic heterocycles. The second-order valence-electron chi connectivity index (χ2n) is 5.25. The molecule has 1 aromatic carbocycles. The van der Waals surface area contributed by atoms with Gasteiger partial charge < -0.3 is 9.64 Å². The van der Waals surface area contributed by atoms with Gasteiger partial charge in [-0.05, 0) is 43.4 Å². The number of amides is 1. The fourth-order valence-electron chi connectivity index (χ4n) is 3.05. The molecule has 1 amide bonds. The third-order valence-electron chi connectivity index (χ3n) is 3.97. The first-order chi connectivity index (χ1) is 9.25. The van der Waals surface area contributed by atoms with Crippen molar-refractivity contribution in [1.29, 1.82) is 0 Å². The maximum absolute atomic E-state index is 12.5. The van der Waals surface area contributed by atoms with Gasteiger partial charge in [-0.15, -0.1) is 0 Å². The molecule has 2 unspecified atom stereocenters. The van der Waals surface area contributed by atoms with Crippen LogP contribution in [0.2, 0.25) is 0 Å². The van der Waals surface area contributed by atoms with Crippen molar-refractivity contribution >= 4 is 21.8 Å². The predicted molar refractivity (Wildman–Crippen MR) is 76.8 cm³/mol. The summed E-state index contributed by atoms with van der Waals surface area (Å²) in [4.78, 5) is 14.5. The quantitative estimate of drug-likeness (QED) is 0.835.